The normalized spacial score (nSPS) is 21.8. The minimum atomic E-state index is 0.0973. The van der Waals surface area contributed by atoms with Crippen molar-refractivity contribution < 1.29 is 9.53 Å². The molecule has 5 heteroatoms. The van der Waals surface area contributed by atoms with Crippen LogP contribution in [0.3, 0.4) is 0 Å². The molecule has 1 unspecified atom stereocenters. The maximum absolute atomic E-state index is 13.4. The molecule has 3 atom stereocenters. The fourth-order valence-corrected chi connectivity index (χ4v) is 5.72. The van der Waals surface area contributed by atoms with Crippen molar-refractivity contribution in [3.63, 3.8) is 0 Å². The molecule has 0 radical (unpaired) electrons. The summed E-state index contributed by atoms with van der Waals surface area (Å²) in [6.07, 6.45) is 6.66. The topological polar surface area (TPSA) is 56.1 Å². The van der Waals surface area contributed by atoms with Crippen LogP contribution in [0.2, 0.25) is 0 Å². The Morgan fingerprint density at radius 1 is 1.06 bits per heavy atom. The van der Waals surface area contributed by atoms with Crippen LogP contribution in [0, 0.1) is 5.92 Å². The molecule has 0 bridgehead atoms. The van der Waals surface area contributed by atoms with Crippen LogP contribution in [0.5, 0.6) is 0 Å². The van der Waals surface area contributed by atoms with Gasteiger partial charge in [0.25, 0.3) is 0 Å². The number of hydrogen-bond donors (Lipinski definition) is 1. The summed E-state index contributed by atoms with van der Waals surface area (Å²) in [4.78, 5) is 13.4. The molecule has 1 heterocycles. The number of aryl methyl sites for hydroxylation is 1. The van der Waals surface area contributed by atoms with E-state index in [1.807, 2.05) is 22.9 Å². The van der Waals surface area contributed by atoms with E-state index >= 15 is 0 Å². The Morgan fingerprint density at radius 3 is 2.58 bits per heavy atom. The highest BCUT2D eigenvalue weighted by Gasteiger charge is 2.36. The number of para-hydroxylation sites is 1. The number of rotatable bonds is 8. The van der Waals surface area contributed by atoms with Crippen molar-refractivity contribution >= 4 is 5.91 Å². The van der Waals surface area contributed by atoms with Crippen LogP contribution in [0.25, 0.3) is 5.69 Å². The Labute approximate surface area is 196 Å². The summed E-state index contributed by atoms with van der Waals surface area (Å²) in [7, 11) is 1.76. The number of nitrogens with one attached hydrogen (secondary N) is 1. The highest BCUT2D eigenvalue weighted by molar-refractivity contribution is 5.79. The SMILES string of the molecule is COCCC1C[C@@H](NC(=O)Cc2c3c(nn2-c2ccccc2)CCC3)[C@H](c2ccccc2)C1. The van der Waals surface area contributed by atoms with Gasteiger partial charge in [-0.1, -0.05) is 48.5 Å². The van der Waals surface area contributed by atoms with Gasteiger partial charge in [-0.05, 0) is 67.7 Å². The average molecular weight is 444 g/mol. The van der Waals surface area contributed by atoms with Crippen molar-refractivity contribution in [3.05, 3.63) is 83.2 Å². The largest absolute Gasteiger partial charge is 0.385 e. The summed E-state index contributed by atoms with van der Waals surface area (Å²) < 4.78 is 7.33. The summed E-state index contributed by atoms with van der Waals surface area (Å²) >= 11 is 0. The minimum Gasteiger partial charge on any atom is -0.385 e. The lowest BCUT2D eigenvalue weighted by molar-refractivity contribution is -0.121. The third kappa shape index (κ3) is 4.74. The zero-order valence-electron chi connectivity index (χ0n) is 19.4. The molecule has 1 amide bonds. The van der Waals surface area contributed by atoms with Crippen molar-refractivity contribution in [2.75, 3.05) is 13.7 Å². The van der Waals surface area contributed by atoms with Crippen molar-refractivity contribution in [1.29, 1.82) is 0 Å². The van der Waals surface area contributed by atoms with E-state index in [1.54, 1.807) is 7.11 Å². The maximum Gasteiger partial charge on any atom is 0.226 e. The van der Waals surface area contributed by atoms with Crippen LogP contribution in [-0.4, -0.2) is 35.4 Å². The summed E-state index contributed by atoms with van der Waals surface area (Å²) in [5, 5.41) is 8.30. The first-order chi connectivity index (χ1) is 16.2. The first kappa shape index (κ1) is 21.9. The number of amides is 1. The molecule has 0 spiro atoms. The predicted molar refractivity (Wildman–Crippen MR) is 130 cm³/mol. The molecular weight excluding hydrogens is 410 g/mol. The molecular formula is C28H33N3O2. The second-order valence-electron chi connectivity index (χ2n) is 9.46. The van der Waals surface area contributed by atoms with Gasteiger partial charge in [-0.15, -0.1) is 0 Å². The van der Waals surface area contributed by atoms with Crippen LogP contribution in [-0.2, 0) is 28.8 Å². The molecule has 33 heavy (non-hydrogen) atoms. The molecule has 3 aromatic rings. The molecule has 172 valence electrons. The van der Waals surface area contributed by atoms with E-state index in [2.05, 4.69) is 47.8 Å². The van der Waals surface area contributed by atoms with E-state index in [0.29, 0.717) is 18.3 Å². The van der Waals surface area contributed by atoms with E-state index in [0.717, 1.165) is 62.2 Å². The monoisotopic (exact) mass is 443 g/mol. The molecule has 2 aromatic carbocycles. The molecule has 2 aliphatic carbocycles. The molecule has 0 saturated heterocycles. The van der Waals surface area contributed by atoms with Gasteiger partial charge < -0.3 is 10.1 Å². The molecule has 5 nitrogen and oxygen atoms in total. The smallest absolute Gasteiger partial charge is 0.226 e. The number of hydrogen-bond acceptors (Lipinski definition) is 3. The van der Waals surface area contributed by atoms with E-state index in [-0.39, 0.29) is 11.9 Å². The number of carbonyl (C=O) groups is 1. The summed E-state index contributed by atoms with van der Waals surface area (Å²) in [6, 6.07) is 21.0. The molecule has 1 N–H and O–H groups in total. The van der Waals surface area contributed by atoms with Crippen molar-refractivity contribution in [2.24, 2.45) is 5.92 Å². The number of fused-ring (bicyclic) bond motifs is 1. The van der Waals surface area contributed by atoms with Crippen LogP contribution in [0.4, 0.5) is 0 Å². The number of benzene rings is 2. The third-order valence-electron chi connectivity index (χ3n) is 7.31. The number of nitrogens with zero attached hydrogens (tertiary/aromatic N) is 2. The summed E-state index contributed by atoms with van der Waals surface area (Å²) in [5.41, 5.74) is 5.83. The van der Waals surface area contributed by atoms with Gasteiger partial charge >= 0.3 is 0 Å². The first-order valence-corrected chi connectivity index (χ1v) is 12.2. The summed E-state index contributed by atoms with van der Waals surface area (Å²) in [5.74, 6) is 1.02. The van der Waals surface area contributed by atoms with Gasteiger partial charge in [0, 0.05) is 25.7 Å². The number of methoxy groups -OCH3 is 1. The van der Waals surface area contributed by atoms with Crippen LogP contribution >= 0.6 is 0 Å². The molecule has 0 aliphatic heterocycles. The Balaban J connectivity index is 1.35. The van der Waals surface area contributed by atoms with Crippen molar-refractivity contribution in [1.82, 2.24) is 15.1 Å². The molecule has 1 saturated carbocycles. The molecule has 1 fully saturated rings. The maximum atomic E-state index is 13.4. The zero-order valence-corrected chi connectivity index (χ0v) is 19.4. The molecule has 5 rings (SSSR count). The lowest BCUT2D eigenvalue weighted by Gasteiger charge is -2.21. The van der Waals surface area contributed by atoms with Crippen molar-refractivity contribution in [3.8, 4) is 5.69 Å². The van der Waals surface area contributed by atoms with Gasteiger partial charge in [0.05, 0.1) is 23.5 Å². The van der Waals surface area contributed by atoms with Crippen LogP contribution < -0.4 is 5.32 Å². The van der Waals surface area contributed by atoms with E-state index in [1.165, 1.54) is 11.1 Å². The second-order valence-corrected chi connectivity index (χ2v) is 9.46. The average Bonchev–Trinajstić information content (AvgIpc) is 3.55. The highest BCUT2D eigenvalue weighted by Crippen LogP contribution is 2.40. The predicted octanol–water partition coefficient (Wildman–Crippen LogP) is 4.62. The van der Waals surface area contributed by atoms with Gasteiger partial charge in [0.2, 0.25) is 5.91 Å². The van der Waals surface area contributed by atoms with E-state index in [4.69, 9.17) is 9.84 Å². The number of ether oxygens (including phenoxy) is 1. The molecule has 2 aliphatic rings. The van der Waals surface area contributed by atoms with Gasteiger partial charge in [0.15, 0.2) is 0 Å². The van der Waals surface area contributed by atoms with Gasteiger partial charge in [-0.3, -0.25) is 4.79 Å². The number of carbonyl (C=O) groups excluding carboxylic acids is 1. The quantitative estimate of drug-likeness (QED) is 0.553. The highest BCUT2D eigenvalue weighted by atomic mass is 16.5. The number of aromatic nitrogens is 2. The Hall–Kier alpha value is -2.92. The zero-order chi connectivity index (χ0) is 22.6. The summed E-state index contributed by atoms with van der Waals surface area (Å²) in [6.45, 7) is 0.773. The molecule has 1 aromatic heterocycles. The van der Waals surface area contributed by atoms with E-state index < -0.39 is 0 Å². The fourth-order valence-electron chi connectivity index (χ4n) is 5.72. The third-order valence-corrected chi connectivity index (χ3v) is 7.31. The van der Waals surface area contributed by atoms with Crippen LogP contribution in [0.15, 0.2) is 60.7 Å². The fraction of sp³-hybridized carbons (Fsp3) is 0.429. The van der Waals surface area contributed by atoms with Gasteiger partial charge in [-0.2, -0.15) is 5.10 Å². The minimum absolute atomic E-state index is 0.0973. The first-order valence-electron chi connectivity index (χ1n) is 12.2. The van der Waals surface area contributed by atoms with Crippen LogP contribution in [0.1, 0.15) is 54.1 Å². The Bertz CT molecular complexity index is 1080. The van der Waals surface area contributed by atoms with Gasteiger partial charge in [-0.25, -0.2) is 4.68 Å². The second kappa shape index (κ2) is 9.92. The lowest BCUT2D eigenvalue weighted by atomic mass is 9.93. The van der Waals surface area contributed by atoms with Gasteiger partial charge in [0.1, 0.15) is 0 Å². The van der Waals surface area contributed by atoms with E-state index in [9.17, 15) is 4.79 Å². The Kier molecular flexibility index (Phi) is 6.58. The Morgan fingerprint density at radius 2 is 1.82 bits per heavy atom. The van der Waals surface area contributed by atoms with Crippen molar-refractivity contribution in [2.45, 2.75) is 56.9 Å². The standard InChI is InChI=1S/C28H33N3O2/c1-33-16-15-20-17-24(21-9-4-2-5-10-21)26(18-20)29-28(32)19-27-23-13-8-14-25(23)30-31(27)22-11-6-3-7-12-22/h2-7,9-12,20,24,26H,8,13-19H2,1H3,(H,29,32)/t20?,24-,26+/m0/s1. The lowest BCUT2D eigenvalue weighted by Crippen LogP contribution is -2.38.